The molecule has 0 heterocycles. The van der Waals surface area contributed by atoms with Crippen molar-refractivity contribution in [2.24, 2.45) is 0 Å². The van der Waals surface area contributed by atoms with Gasteiger partial charge in [-0.2, -0.15) is 18.4 Å². The zero-order valence-electron chi connectivity index (χ0n) is 10.7. The highest BCUT2D eigenvalue weighted by Crippen LogP contribution is 2.29. The summed E-state index contributed by atoms with van der Waals surface area (Å²) in [6.45, 7) is 0.0576. The summed E-state index contributed by atoms with van der Waals surface area (Å²) in [5.41, 5.74) is -0.279. The summed E-state index contributed by atoms with van der Waals surface area (Å²) in [4.78, 5) is 0. The highest BCUT2D eigenvalue weighted by molar-refractivity contribution is 5.58. The Morgan fingerprint density at radius 3 is 2.48 bits per heavy atom. The third-order valence-corrected chi connectivity index (χ3v) is 2.86. The fourth-order valence-corrected chi connectivity index (χ4v) is 1.84. The Hall–Kier alpha value is -2.55. The standard InChI is InChI=1S/C15H10F4N2/c16-13-5-2-6-14(12(13)8-20)21-9-10-3-1-4-11(7-10)15(17,18)19/h1-7,21H,9H2. The summed E-state index contributed by atoms with van der Waals surface area (Å²) < 4.78 is 51.2. The minimum Gasteiger partial charge on any atom is -0.380 e. The molecule has 0 radical (unpaired) electrons. The molecule has 1 N–H and O–H groups in total. The molecule has 0 aliphatic rings. The van der Waals surface area contributed by atoms with Crippen molar-refractivity contribution in [3.8, 4) is 6.07 Å². The summed E-state index contributed by atoms with van der Waals surface area (Å²) in [7, 11) is 0. The van der Waals surface area contributed by atoms with E-state index in [-0.39, 0.29) is 17.8 Å². The van der Waals surface area contributed by atoms with Crippen LogP contribution in [0.1, 0.15) is 16.7 Å². The summed E-state index contributed by atoms with van der Waals surface area (Å²) in [6.07, 6.45) is -4.41. The van der Waals surface area contributed by atoms with Crippen LogP contribution in [0.25, 0.3) is 0 Å². The van der Waals surface area contributed by atoms with Crippen LogP contribution in [0.15, 0.2) is 42.5 Å². The molecule has 0 aliphatic heterocycles. The van der Waals surface area contributed by atoms with Crippen LogP contribution >= 0.6 is 0 Å². The van der Waals surface area contributed by atoms with Crippen LogP contribution in [-0.2, 0) is 12.7 Å². The molecule has 108 valence electrons. The third kappa shape index (κ3) is 3.51. The lowest BCUT2D eigenvalue weighted by molar-refractivity contribution is -0.137. The molecule has 0 atom stereocenters. The van der Waals surface area contributed by atoms with Crippen LogP contribution in [0, 0.1) is 17.1 Å². The van der Waals surface area contributed by atoms with E-state index in [1.807, 2.05) is 0 Å². The maximum atomic E-state index is 13.4. The summed E-state index contributed by atoms with van der Waals surface area (Å²) in [5.74, 6) is -0.674. The number of nitrogens with zero attached hydrogens (tertiary/aromatic N) is 1. The van der Waals surface area contributed by atoms with Gasteiger partial charge in [0, 0.05) is 6.54 Å². The fourth-order valence-electron chi connectivity index (χ4n) is 1.84. The number of nitriles is 1. The first-order valence-electron chi connectivity index (χ1n) is 6.00. The Morgan fingerprint density at radius 2 is 1.81 bits per heavy atom. The Morgan fingerprint density at radius 1 is 1.10 bits per heavy atom. The van der Waals surface area contributed by atoms with E-state index in [4.69, 9.17) is 5.26 Å². The largest absolute Gasteiger partial charge is 0.416 e. The first-order chi connectivity index (χ1) is 9.91. The molecule has 2 aromatic rings. The van der Waals surface area contributed by atoms with E-state index in [1.165, 1.54) is 24.3 Å². The van der Waals surface area contributed by atoms with Crippen molar-refractivity contribution in [3.63, 3.8) is 0 Å². The molecule has 0 fully saturated rings. The lowest BCUT2D eigenvalue weighted by Gasteiger charge is -2.11. The lowest BCUT2D eigenvalue weighted by atomic mass is 10.1. The van der Waals surface area contributed by atoms with E-state index < -0.39 is 17.6 Å². The number of rotatable bonds is 3. The van der Waals surface area contributed by atoms with Gasteiger partial charge < -0.3 is 5.32 Å². The van der Waals surface area contributed by atoms with Crippen molar-refractivity contribution in [1.29, 1.82) is 5.26 Å². The highest BCUT2D eigenvalue weighted by atomic mass is 19.4. The Bertz CT molecular complexity index is 687. The second-order valence-corrected chi connectivity index (χ2v) is 4.33. The van der Waals surface area contributed by atoms with Gasteiger partial charge in [0.1, 0.15) is 17.4 Å². The summed E-state index contributed by atoms with van der Waals surface area (Å²) in [6, 6.07) is 10.6. The number of benzene rings is 2. The fraction of sp³-hybridized carbons (Fsp3) is 0.133. The van der Waals surface area contributed by atoms with Crippen LogP contribution in [-0.4, -0.2) is 0 Å². The topological polar surface area (TPSA) is 35.8 Å². The van der Waals surface area contributed by atoms with Crippen molar-refractivity contribution in [2.45, 2.75) is 12.7 Å². The molecular formula is C15H10F4N2. The Balaban J connectivity index is 2.18. The summed E-state index contributed by atoms with van der Waals surface area (Å²) >= 11 is 0. The normalized spacial score (nSPS) is 11.0. The molecule has 0 spiro atoms. The van der Waals surface area contributed by atoms with Crippen molar-refractivity contribution in [2.75, 3.05) is 5.32 Å². The van der Waals surface area contributed by atoms with Crippen LogP contribution < -0.4 is 5.32 Å². The third-order valence-electron chi connectivity index (χ3n) is 2.86. The van der Waals surface area contributed by atoms with Crippen LogP contribution in [0.5, 0.6) is 0 Å². The van der Waals surface area contributed by atoms with Crippen LogP contribution in [0.4, 0.5) is 23.2 Å². The van der Waals surface area contributed by atoms with E-state index in [0.717, 1.165) is 18.2 Å². The van der Waals surface area contributed by atoms with E-state index in [2.05, 4.69) is 5.32 Å². The number of halogens is 4. The second-order valence-electron chi connectivity index (χ2n) is 4.33. The molecule has 0 unspecified atom stereocenters. The molecule has 0 saturated heterocycles. The molecule has 0 amide bonds. The van der Waals surface area contributed by atoms with Gasteiger partial charge in [0.05, 0.1) is 11.3 Å². The SMILES string of the molecule is N#Cc1c(F)cccc1NCc1cccc(C(F)(F)F)c1. The zero-order chi connectivity index (χ0) is 15.5. The van der Waals surface area contributed by atoms with E-state index in [1.54, 1.807) is 6.07 Å². The minimum absolute atomic E-state index is 0.0576. The Labute approximate surface area is 118 Å². The van der Waals surface area contributed by atoms with Crippen LogP contribution in [0.2, 0.25) is 0 Å². The lowest BCUT2D eigenvalue weighted by Crippen LogP contribution is -2.07. The van der Waals surface area contributed by atoms with Crippen molar-refractivity contribution in [3.05, 3.63) is 65.0 Å². The van der Waals surface area contributed by atoms with Gasteiger partial charge in [0.2, 0.25) is 0 Å². The monoisotopic (exact) mass is 294 g/mol. The first-order valence-corrected chi connectivity index (χ1v) is 6.00. The number of anilines is 1. The molecule has 0 aromatic heterocycles. The van der Waals surface area contributed by atoms with Gasteiger partial charge >= 0.3 is 6.18 Å². The zero-order valence-corrected chi connectivity index (χ0v) is 10.7. The number of hydrogen-bond acceptors (Lipinski definition) is 2. The molecule has 2 aromatic carbocycles. The summed E-state index contributed by atoms with van der Waals surface area (Å²) in [5, 5.41) is 11.6. The molecule has 21 heavy (non-hydrogen) atoms. The number of alkyl halides is 3. The molecule has 2 nitrogen and oxygen atoms in total. The first kappa shape index (κ1) is 14.9. The van der Waals surface area contributed by atoms with Crippen molar-refractivity contribution < 1.29 is 17.6 Å². The predicted octanol–water partition coefficient (Wildman–Crippen LogP) is 4.33. The maximum Gasteiger partial charge on any atom is 0.416 e. The molecule has 6 heteroatoms. The average molecular weight is 294 g/mol. The smallest absolute Gasteiger partial charge is 0.380 e. The van der Waals surface area contributed by atoms with Crippen molar-refractivity contribution in [1.82, 2.24) is 0 Å². The highest BCUT2D eigenvalue weighted by Gasteiger charge is 2.30. The van der Waals surface area contributed by atoms with Gasteiger partial charge in [-0.15, -0.1) is 0 Å². The minimum atomic E-state index is -4.41. The molecule has 0 aliphatic carbocycles. The van der Waals surface area contributed by atoms with Crippen molar-refractivity contribution >= 4 is 5.69 Å². The molecular weight excluding hydrogens is 284 g/mol. The van der Waals surface area contributed by atoms with E-state index >= 15 is 0 Å². The number of hydrogen-bond donors (Lipinski definition) is 1. The van der Waals surface area contributed by atoms with Gasteiger partial charge in [-0.25, -0.2) is 4.39 Å². The van der Waals surface area contributed by atoms with Gasteiger partial charge in [-0.3, -0.25) is 0 Å². The Kier molecular flexibility index (Phi) is 4.13. The van der Waals surface area contributed by atoms with Crippen LogP contribution in [0.3, 0.4) is 0 Å². The predicted molar refractivity (Wildman–Crippen MR) is 69.9 cm³/mol. The second kappa shape index (κ2) is 5.83. The molecule has 2 rings (SSSR count). The quantitative estimate of drug-likeness (QED) is 0.855. The van der Waals surface area contributed by atoms with E-state index in [0.29, 0.717) is 5.56 Å². The van der Waals surface area contributed by atoms with Gasteiger partial charge in [-0.1, -0.05) is 18.2 Å². The molecule has 0 bridgehead atoms. The van der Waals surface area contributed by atoms with Gasteiger partial charge in [0.25, 0.3) is 0 Å². The number of nitrogens with one attached hydrogen (secondary N) is 1. The van der Waals surface area contributed by atoms with E-state index in [9.17, 15) is 17.6 Å². The average Bonchev–Trinajstić information content (AvgIpc) is 2.44. The molecule has 0 saturated carbocycles. The van der Waals surface area contributed by atoms with Gasteiger partial charge in [-0.05, 0) is 29.8 Å². The van der Waals surface area contributed by atoms with Gasteiger partial charge in [0.15, 0.2) is 0 Å². The maximum absolute atomic E-state index is 13.4.